The molecule has 3 rings (SSSR count). The molecule has 0 unspecified atom stereocenters. The molecule has 0 fully saturated rings. The standard InChI is InChI=1S/C17H13BrN4/c1-12-9-14(7-8-19-12)3-4-15-11-22(13(2)21-15)16-5-6-17(18)20-10-16/h5-11H,1-2H3. The lowest BCUT2D eigenvalue weighted by atomic mass is 10.2. The van der Waals surface area contributed by atoms with Crippen LogP contribution >= 0.6 is 15.9 Å². The quantitative estimate of drug-likeness (QED) is 0.497. The van der Waals surface area contributed by atoms with Crippen LogP contribution in [-0.2, 0) is 0 Å². The van der Waals surface area contributed by atoms with E-state index < -0.39 is 0 Å². The Kier molecular flexibility index (Phi) is 4.03. The van der Waals surface area contributed by atoms with Gasteiger partial charge < -0.3 is 4.57 Å². The molecule has 0 saturated heterocycles. The Hall–Kier alpha value is -2.45. The van der Waals surface area contributed by atoms with Crippen LogP contribution in [0.25, 0.3) is 5.69 Å². The molecule has 5 heteroatoms. The second-order valence-corrected chi connectivity index (χ2v) is 5.63. The van der Waals surface area contributed by atoms with E-state index in [2.05, 4.69) is 42.7 Å². The van der Waals surface area contributed by atoms with Crippen molar-refractivity contribution in [3.63, 3.8) is 0 Å². The fourth-order valence-corrected chi connectivity index (χ4v) is 2.30. The lowest BCUT2D eigenvalue weighted by Gasteiger charge is -2.03. The molecule has 3 heterocycles. The van der Waals surface area contributed by atoms with E-state index in [-0.39, 0.29) is 0 Å². The van der Waals surface area contributed by atoms with Gasteiger partial charge in [0.1, 0.15) is 16.1 Å². The van der Waals surface area contributed by atoms with Crippen LogP contribution in [0.5, 0.6) is 0 Å². The number of rotatable bonds is 1. The van der Waals surface area contributed by atoms with Crippen molar-refractivity contribution in [3.05, 3.63) is 70.2 Å². The summed E-state index contributed by atoms with van der Waals surface area (Å²) in [7, 11) is 0. The van der Waals surface area contributed by atoms with Crippen LogP contribution in [0.15, 0.2) is 47.5 Å². The molecule has 0 amide bonds. The van der Waals surface area contributed by atoms with Gasteiger partial charge in [-0.2, -0.15) is 0 Å². The van der Waals surface area contributed by atoms with Crippen molar-refractivity contribution in [2.24, 2.45) is 0 Å². The van der Waals surface area contributed by atoms with Gasteiger partial charge in [-0.25, -0.2) is 9.97 Å². The van der Waals surface area contributed by atoms with Crippen molar-refractivity contribution < 1.29 is 0 Å². The number of hydrogen-bond donors (Lipinski definition) is 0. The molecule has 3 aromatic rings. The van der Waals surface area contributed by atoms with Crippen LogP contribution in [0.1, 0.15) is 22.8 Å². The molecular formula is C17H13BrN4. The third-order valence-corrected chi connectivity index (χ3v) is 3.57. The molecule has 0 bridgehead atoms. The highest BCUT2D eigenvalue weighted by molar-refractivity contribution is 9.10. The Bertz CT molecular complexity index is 870. The number of nitrogens with zero attached hydrogens (tertiary/aromatic N) is 4. The number of halogens is 1. The molecule has 4 nitrogen and oxygen atoms in total. The van der Waals surface area contributed by atoms with Crippen LogP contribution in [0, 0.1) is 25.7 Å². The van der Waals surface area contributed by atoms with Gasteiger partial charge in [0.25, 0.3) is 0 Å². The van der Waals surface area contributed by atoms with E-state index in [9.17, 15) is 0 Å². The maximum atomic E-state index is 4.48. The summed E-state index contributed by atoms with van der Waals surface area (Å²) >= 11 is 3.33. The van der Waals surface area contributed by atoms with Crippen molar-refractivity contribution in [1.29, 1.82) is 0 Å². The van der Waals surface area contributed by atoms with E-state index in [1.165, 1.54) is 0 Å². The third kappa shape index (κ3) is 3.23. The van der Waals surface area contributed by atoms with Gasteiger partial charge in [0.05, 0.1) is 11.9 Å². The third-order valence-electron chi connectivity index (χ3n) is 3.10. The first-order chi connectivity index (χ1) is 10.6. The number of hydrogen-bond acceptors (Lipinski definition) is 3. The predicted octanol–water partition coefficient (Wildman–Crippen LogP) is 3.44. The lowest BCUT2D eigenvalue weighted by molar-refractivity contribution is 0.963. The van der Waals surface area contributed by atoms with Crippen LogP contribution in [-0.4, -0.2) is 19.5 Å². The summed E-state index contributed by atoms with van der Waals surface area (Å²) in [6.45, 7) is 3.90. The molecule has 0 spiro atoms. The molecule has 0 aliphatic carbocycles. The first kappa shape index (κ1) is 14.5. The fraction of sp³-hybridized carbons (Fsp3) is 0.118. The van der Waals surface area contributed by atoms with Gasteiger partial charge in [-0.15, -0.1) is 0 Å². The van der Waals surface area contributed by atoms with Gasteiger partial charge in [0, 0.05) is 23.7 Å². The summed E-state index contributed by atoms with van der Waals surface area (Å²) in [6, 6.07) is 7.73. The van der Waals surface area contributed by atoms with E-state index in [1.807, 2.05) is 48.9 Å². The zero-order chi connectivity index (χ0) is 15.5. The van der Waals surface area contributed by atoms with Crippen molar-refractivity contribution in [1.82, 2.24) is 19.5 Å². The Morgan fingerprint density at radius 3 is 2.68 bits per heavy atom. The van der Waals surface area contributed by atoms with Crippen LogP contribution in [0.2, 0.25) is 0 Å². The SMILES string of the molecule is Cc1cc(C#Cc2cn(-c3ccc(Br)nc3)c(C)n2)ccn1. The number of aromatic nitrogens is 4. The monoisotopic (exact) mass is 352 g/mol. The average Bonchev–Trinajstić information content (AvgIpc) is 2.87. The summed E-state index contributed by atoms with van der Waals surface area (Å²) in [5.41, 5.74) is 3.58. The zero-order valence-corrected chi connectivity index (χ0v) is 13.8. The van der Waals surface area contributed by atoms with Crippen LogP contribution < -0.4 is 0 Å². The smallest absolute Gasteiger partial charge is 0.132 e. The maximum Gasteiger partial charge on any atom is 0.132 e. The topological polar surface area (TPSA) is 43.6 Å². The minimum atomic E-state index is 0.731. The molecule has 108 valence electrons. The van der Waals surface area contributed by atoms with Crippen molar-refractivity contribution in [3.8, 4) is 17.5 Å². The van der Waals surface area contributed by atoms with E-state index in [4.69, 9.17) is 0 Å². The van der Waals surface area contributed by atoms with Gasteiger partial charge in [-0.1, -0.05) is 5.92 Å². The van der Waals surface area contributed by atoms with Crippen molar-refractivity contribution in [2.45, 2.75) is 13.8 Å². The number of pyridine rings is 2. The van der Waals surface area contributed by atoms with E-state index in [0.717, 1.165) is 33.1 Å². The van der Waals surface area contributed by atoms with E-state index in [1.54, 1.807) is 12.4 Å². The second kappa shape index (κ2) is 6.12. The molecule has 0 N–H and O–H groups in total. The normalized spacial score (nSPS) is 10.1. The molecule has 3 aromatic heterocycles. The highest BCUT2D eigenvalue weighted by Crippen LogP contribution is 2.13. The molecule has 22 heavy (non-hydrogen) atoms. The molecule has 0 saturated carbocycles. The molecule has 0 aliphatic heterocycles. The molecule has 0 atom stereocenters. The van der Waals surface area contributed by atoms with Gasteiger partial charge >= 0.3 is 0 Å². The highest BCUT2D eigenvalue weighted by atomic mass is 79.9. The van der Waals surface area contributed by atoms with Crippen LogP contribution in [0.3, 0.4) is 0 Å². The van der Waals surface area contributed by atoms with Crippen molar-refractivity contribution in [2.75, 3.05) is 0 Å². The fourth-order valence-electron chi connectivity index (χ4n) is 2.06. The summed E-state index contributed by atoms with van der Waals surface area (Å²) in [6.07, 6.45) is 5.47. The zero-order valence-electron chi connectivity index (χ0n) is 12.2. The minimum absolute atomic E-state index is 0.731. The Labute approximate surface area is 137 Å². The van der Waals surface area contributed by atoms with E-state index in [0.29, 0.717) is 0 Å². The Morgan fingerprint density at radius 1 is 1.09 bits per heavy atom. The second-order valence-electron chi connectivity index (χ2n) is 4.82. The maximum absolute atomic E-state index is 4.48. The van der Waals surface area contributed by atoms with Gasteiger partial charge in [-0.05, 0) is 60.0 Å². The van der Waals surface area contributed by atoms with Crippen molar-refractivity contribution >= 4 is 15.9 Å². The largest absolute Gasteiger partial charge is 0.301 e. The first-order valence-corrected chi connectivity index (χ1v) is 7.54. The van der Waals surface area contributed by atoms with Gasteiger partial charge in [0.2, 0.25) is 0 Å². The molecule has 0 aliphatic rings. The Balaban J connectivity index is 1.91. The van der Waals surface area contributed by atoms with Gasteiger partial charge in [-0.3, -0.25) is 4.98 Å². The molecular weight excluding hydrogens is 340 g/mol. The molecule has 0 radical (unpaired) electrons. The van der Waals surface area contributed by atoms with E-state index >= 15 is 0 Å². The molecule has 0 aromatic carbocycles. The Morgan fingerprint density at radius 2 is 1.95 bits per heavy atom. The summed E-state index contributed by atoms with van der Waals surface area (Å²) in [5.74, 6) is 7.08. The highest BCUT2D eigenvalue weighted by Gasteiger charge is 2.04. The van der Waals surface area contributed by atoms with Crippen LogP contribution in [0.4, 0.5) is 0 Å². The first-order valence-electron chi connectivity index (χ1n) is 6.74. The average molecular weight is 353 g/mol. The summed E-state index contributed by atoms with van der Waals surface area (Å²) in [5, 5.41) is 0. The number of imidazole rings is 1. The summed E-state index contributed by atoms with van der Waals surface area (Å²) < 4.78 is 2.78. The number of aryl methyl sites for hydroxylation is 2. The van der Waals surface area contributed by atoms with Gasteiger partial charge in [0.15, 0.2) is 0 Å². The predicted molar refractivity (Wildman–Crippen MR) is 88.8 cm³/mol. The summed E-state index contributed by atoms with van der Waals surface area (Å²) in [4.78, 5) is 12.9. The lowest BCUT2D eigenvalue weighted by Crippen LogP contribution is -1.95. The minimum Gasteiger partial charge on any atom is -0.301 e.